The Balaban J connectivity index is 1.55. The van der Waals surface area contributed by atoms with E-state index < -0.39 is 15.9 Å². The maximum atomic E-state index is 12.5. The molecule has 0 radical (unpaired) electrons. The van der Waals surface area contributed by atoms with Gasteiger partial charge in [0.05, 0.1) is 16.5 Å². The van der Waals surface area contributed by atoms with Crippen molar-refractivity contribution < 1.29 is 18.0 Å². The zero-order valence-corrected chi connectivity index (χ0v) is 18.7. The summed E-state index contributed by atoms with van der Waals surface area (Å²) in [5.41, 5.74) is 6.28. The summed E-state index contributed by atoms with van der Waals surface area (Å²) in [6.07, 6.45) is 8.63. The van der Waals surface area contributed by atoms with Gasteiger partial charge in [0.2, 0.25) is 15.9 Å². The molecule has 3 rings (SSSR count). The van der Waals surface area contributed by atoms with Crippen LogP contribution in [-0.4, -0.2) is 43.4 Å². The number of rotatable bonds is 5. The molecule has 1 aliphatic carbocycles. The van der Waals surface area contributed by atoms with Gasteiger partial charge in [0, 0.05) is 18.0 Å². The van der Waals surface area contributed by atoms with Gasteiger partial charge in [-0.25, -0.2) is 12.7 Å². The summed E-state index contributed by atoms with van der Waals surface area (Å²) in [4.78, 5) is 26.9. The highest BCUT2D eigenvalue weighted by Crippen LogP contribution is 2.28. The fourth-order valence-electron chi connectivity index (χ4n) is 4.03. The average Bonchev–Trinajstić information content (AvgIpc) is 3.08. The molecule has 1 atom stereocenters. The summed E-state index contributed by atoms with van der Waals surface area (Å²) >= 11 is 1.51. The first-order valence-corrected chi connectivity index (χ1v) is 13.0. The minimum Gasteiger partial charge on any atom is -0.273 e. The van der Waals surface area contributed by atoms with Crippen LogP contribution in [-0.2, 0) is 27.7 Å². The molecule has 2 amide bonds. The molecule has 1 saturated heterocycles. The van der Waals surface area contributed by atoms with Crippen molar-refractivity contribution >= 4 is 33.2 Å². The van der Waals surface area contributed by atoms with E-state index in [4.69, 9.17) is 0 Å². The van der Waals surface area contributed by atoms with E-state index in [1.807, 2.05) is 13.0 Å². The van der Waals surface area contributed by atoms with Crippen LogP contribution in [0, 0.1) is 5.92 Å². The van der Waals surface area contributed by atoms with E-state index in [1.54, 1.807) is 0 Å². The Morgan fingerprint density at radius 1 is 1.14 bits per heavy atom. The van der Waals surface area contributed by atoms with Crippen molar-refractivity contribution in [1.29, 1.82) is 0 Å². The summed E-state index contributed by atoms with van der Waals surface area (Å²) in [5, 5.41) is 0. The lowest BCUT2D eigenvalue weighted by Crippen LogP contribution is -2.50. The lowest BCUT2D eigenvalue weighted by molar-refractivity contribution is -0.126. The lowest BCUT2D eigenvalue weighted by Gasteiger charge is -2.31. The maximum absolute atomic E-state index is 12.5. The number of hydrogen-bond donors (Lipinski definition) is 2. The van der Waals surface area contributed by atoms with Gasteiger partial charge in [-0.2, -0.15) is 0 Å². The summed E-state index contributed by atoms with van der Waals surface area (Å²) in [7, 11) is -3.31. The first-order valence-electron chi connectivity index (χ1n) is 10.6. The normalized spacial score (nSPS) is 20.9. The Bertz CT molecular complexity index is 809. The number of fused-ring (bicyclic) bond motifs is 1. The Hall–Kier alpha value is -1.45. The molecule has 0 saturated carbocycles. The predicted molar refractivity (Wildman–Crippen MR) is 114 cm³/mol. The molecule has 1 aliphatic heterocycles. The average molecular weight is 442 g/mol. The third-order valence-electron chi connectivity index (χ3n) is 5.63. The molecular weight excluding hydrogens is 410 g/mol. The fraction of sp³-hybridized carbons (Fsp3) is 0.700. The quantitative estimate of drug-likeness (QED) is 0.687. The molecule has 1 aromatic rings. The van der Waals surface area contributed by atoms with Crippen molar-refractivity contribution in [2.75, 3.05) is 18.8 Å². The van der Waals surface area contributed by atoms with Gasteiger partial charge in [0.25, 0.3) is 5.91 Å². The number of carbonyl (C=O) groups excluding carboxylic acids is 2. The minimum absolute atomic E-state index is 0.0983. The molecule has 29 heavy (non-hydrogen) atoms. The molecule has 7 nitrogen and oxygen atoms in total. The standard InChI is InChI=1S/C20H31N3O4S2/c1-2-12-29(26,27)23-11-7-9-16(14-23)19(24)21-22-20(25)18-13-15-8-5-3-4-6-10-17(15)28-18/h13,16H,2-12,14H2,1H3,(H,21,24)(H,22,25). The monoisotopic (exact) mass is 441 g/mol. The molecule has 2 heterocycles. The molecule has 0 bridgehead atoms. The molecule has 2 N–H and O–H groups in total. The van der Waals surface area contributed by atoms with Crippen molar-refractivity contribution in [3.63, 3.8) is 0 Å². The summed E-state index contributed by atoms with van der Waals surface area (Å²) in [6.45, 7) is 2.46. The van der Waals surface area contributed by atoms with Gasteiger partial charge in [-0.3, -0.25) is 20.4 Å². The highest BCUT2D eigenvalue weighted by molar-refractivity contribution is 7.89. The Kier molecular flexibility index (Phi) is 7.70. The van der Waals surface area contributed by atoms with Gasteiger partial charge < -0.3 is 0 Å². The second-order valence-electron chi connectivity index (χ2n) is 7.93. The zero-order valence-electron chi connectivity index (χ0n) is 17.0. The number of nitrogens with zero attached hydrogens (tertiary/aromatic N) is 1. The Morgan fingerprint density at radius 2 is 1.90 bits per heavy atom. The van der Waals surface area contributed by atoms with E-state index in [-0.39, 0.29) is 24.1 Å². The molecule has 1 fully saturated rings. The lowest BCUT2D eigenvalue weighted by atomic mass is 9.99. The van der Waals surface area contributed by atoms with Crippen LogP contribution in [0.4, 0.5) is 0 Å². The molecule has 9 heteroatoms. The summed E-state index contributed by atoms with van der Waals surface area (Å²) in [5.74, 6) is -0.980. The fourth-order valence-corrected chi connectivity index (χ4v) is 6.77. The van der Waals surface area contributed by atoms with Gasteiger partial charge in [0.1, 0.15) is 0 Å². The van der Waals surface area contributed by atoms with Crippen LogP contribution in [0.2, 0.25) is 0 Å². The van der Waals surface area contributed by atoms with Crippen LogP contribution < -0.4 is 10.9 Å². The van der Waals surface area contributed by atoms with Crippen molar-refractivity contribution in [3.8, 4) is 0 Å². The topological polar surface area (TPSA) is 95.6 Å². The number of carbonyl (C=O) groups is 2. The number of sulfonamides is 1. The van der Waals surface area contributed by atoms with Crippen molar-refractivity contribution in [2.45, 2.75) is 64.7 Å². The number of thiophene rings is 1. The van der Waals surface area contributed by atoms with Crippen LogP contribution in [0.25, 0.3) is 0 Å². The Morgan fingerprint density at radius 3 is 2.66 bits per heavy atom. The van der Waals surface area contributed by atoms with Crippen molar-refractivity contribution in [3.05, 3.63) is 21.4 Å². The van der Waals surface area contributed by atoms with E-state index in [1.165, 1.54) is 38.9 Å². The summed E-state index contributed by atoms with van der Waals surface area (Å²) in [6, 6.07) is 1.95. The number of amides is 2. The van der Waals surface area contributed by atoms with Gasteiger partial charge in [-0.1, -0.05) is 19.8 Å². The number of hydrogen-bond acceptors (Lipinski definition) is 5. The van der Waals surface area contributed by atoms with E-state index in [2.05, 4.69) is 10.9 Å². The Labute approximate surface area is 177 Å². The van der Waals surface area contributed by atoms with Gasteiger partial charge in [0.15, 0.2) is 0 Å². The maximum Gasteiger partial charge on any atom is 0.279 e. The summed E-state index contributed by atoms with van der Waals surface area (Å²) < 4.78 is 26.0. The van der Waals surface area contributed by atoms with Crippen LogP contribution >= 0.6 is 11.3 Å². The first-order chi connectivity index (χ1) is 13.9. The molecule has 1 unspecified atom stereocenters. The number of hydrazine groups is 1. The molecule has 2 aliphatic rings. The van der Waals surface area contributed by atoms with Crippen molar-refractivity contribution in [1.82, 2.24) is 15.2 Å². The zero-order chi connectivity index (χ0) is 20.9. The molecular formula is C20H31N3O4S2. The van der Waals surface area contributed by atoms with Crippen LogP contribution in [0.1, 0.15) is 72.0 Å². The largest absolute Gasteiger partial charge is 0.279 e. The first kappa shape index (κ1) is 22.2. The molecule has 1 aromatic heterocycles. The van der Waals surface area contributed by atoms with Gasteiger partial charge >= 0.3 is 0 Å². The van der Waals surface area contributed by atoms with Crippen LogP contribution in [0.3, 0.4) is 0 Å². The highest BCUT2D eigenvalue weighted by atomic mass is 32.2. The highest BCUT2D eigenvalue weighted by Gasteiger charge is 2.32. The molecule has 0 aromatic carbocycles. The van der Waals surface area contributed by atoms with E-state index in [0.717, 1.165) is 25.7 Å². The van der Waals surface area contributed by atoms with E-state index in [0.29, 0.717) is 30.7 Å². The SMILES string of the molecule is CCCS(=O)(=O)N1CCCC(C(=O)NNC(=O)c2cc3c(s2)CCCCCC3)C1. The number of piperidine rings is 1. The third kappa shape index (κ3) is 5.79. The van der Waals surface area contributed by atoms with Gasteiger partial charge in [-0.15, -0.1) is 11.3 Å². The predicted octanol–water partition coefficient (Wildman–Crippen LogP) is 2.62. The minimum atomic E-state index is -3.31. The molecule has 162 valence electrons. The van der Waals surface area contributed by atoms with Crippen LogP contribution in [0.15, 0.2) is 6.07 Å². The van der Waals surface area contributed by atoms with Crippen LogP contribution in [0.5, 0.6) is 0 Å². The number of aryl methyl sites for hydroxylation is 2. The van der Waals surface area contributed by atoms with Crippen molar-refractivity contribution in [2.24, 2.45) is 5.92 Å². The second kappa shape index (κ2) is 10.0. The van der Waals surface area contributed by atoms with Gasteiger partial charge in [-0.05, 0) is 56.6 Å². The van der Waals surface area contributed by atoms with E-state index in [9.17, 15) is 18.0 Å². The second-order valence-corrected chi connectivity index (χ2v) is 11.2. The third-order valence-corrected chi connectivity index (χ3v) is 8.91. The smallest absolute Gasteiger partial charge is 0.273 e. The molecule has 0 spiro atoms. The number of nitrogens with one attached hydrogen (secondary N) is 2. The van der Waals surface area contributed by atoms with E-state index >= 15 is 0 Å².